The van der Waals surface area contributed by atoms with Gasteiger partial charge >= 0.3 is 5.97 Å². The van der Waals surface area contributed by atoms with Crippen LogP contribution in [0, 0.1) is 0 Å². The average Bonchev–Trinajstić information content (AvgIpc) is 2.34. The summed E-state index contributed by atoms with van der Waals surface area (Å²) in [6.45, 7) is 2.58. The zero-order valence-electron chi connectivity index (χ0n) is 9.81. The van der Waals surface area contributed by atoms with Crippen LogP contribution in [0.5, 0.6) is 5.75 Å². The van der Waals surface area contributed by atoms with Crippen molar-refractivity contribution in [2.75, 3.05) is 6.61 Å². The van der Waals surface area contributed by atoms with E-state index in [1.165, 1.54) is 12.1 Å². The molecular weight excluding hydrogens is 220 g/mol. The highest BCUT2D eigenvalue weighted by Gasteiger charge is 2.11. The predicted octanol–water partition coefficient (Wildman–Crippen LogP) is 2.77. The van der Waals surface area contributed by atoms with Crippen molar-refractivity contribution in [2.24, 2.45) is 0 Å². The van der Waals surface area contributed by atoms with Crippen LogP contribution in [0.25, 0.3) is 0 Å². The third-order valence-corrected chi connectivity index (χ3v) is 2.38. The molecule has 4 heteroatoms. The lowest BCUT2D eigenvalue weighted by molar-refractivity contribution is 0.0692. The number of ether oxygens (including phenoxy) is 1. The molecule has 0 fully saturated rings. The molecule has 0 aromatic heterocycles. The largest absolute Gasteiger partial charge is 0.493 e. The average molecular weight is 236 g/mol. The minimum Gasteiger partial charge on any atom is -0.493 e. The highest BCUT2D eigenvalue weighted by molar-refractivity contribution is 5.93. The van der Waals surface area contributed by atoms with Crippen molar-refractivity contribution < 1.29 is 19.4 Å². The number of rotatable bonds is 7. The summed E-state index contributed by atoms with van der Waals surface area (Å²) in [5, 5.41) is 8.99. The maximum atomic E-state index is 11.0. The molecule has 1 aromatic rings. The van der Waals surface area contributed by atoms with E-state index in [0.717, 1.165) is 19.3 Å². The molecule has 0 unspecified atom stereocenters. The minimum absolute atomic E-state index is 0.0334. The molecule has 0 radical (unpaired) electrons. The third-order valence-electron chi connectivity index (χ3n) is 2.38. The monoisotopic (exact) mass is 236 g/mol. The second kappa shape index (κ2) is 6.68. The zero-order valence-corrected chi connectivity index (χ0v) is 9.81. The van der Waals surface area contributed by atoms with E-state index in [1.54, 1.807) is 6.07 Å². The van der Waals surface area contributed by atoms with Gasteiger partial charge in [-0.1, -0.05) is 19.8 Å². The first-order chi connectivity index (χ1) is 8.19. The molecule has 0 heterocycles. The van der Waals surface area contributed by atoms with Gasteiger partial charge in [-0.2, -0.15) is 0 Å². The van der Waals surface area contributed by atoms with Gasteiger partial charge in [-0.25, -0.2) is 4.79 Å². The third kappa shape index (κ3) is 3.90. The van der Waals surface area contributed by atoms with E-state index < -0.39 is 5.97 Å². The van der Waals surface area contributed by atoms with E-state index in [2.05, 4.69) is 6.92 Å². The van der Waals surface area contributed by atoms with Gasteiger partial charge in [0.15, 0.2) is 0 Å². The molecule has 0 bridgehead atoms. The number of benzene rings is 1. The molecule has 1 aromatic carbocycles. The van der Waals surface area contributed by atoms with Gasteiger partial charge in [-0.15, -0.1) is 0 Å². The molecular formula is C13H16O4. The lowest BCUT2D eigenvalue weighted by atomic mass is 10.1. The number of hydrogen-bond acceptors (Lipinski definition) is 3. The molecule has 4 nitrogen and oxygen atoms in total. The molecule has 0 aliphatic carbocycles. The fourth-order valence-electron chi connectivity index (χ4n) is 1.45. The molecule has 0 atom stereocenters. The van der Waals surface area contributed by atoms with E-state index in [-0.39, 0.29) is 5.56 Å². The van der Waals surface area contributed by atoms with Crippen molar-refractivity contribution in [3.63, 3.8) is 0 Å². The van der Waals surface area contributed by atoms with Gasteiger partial charge in [-0.3, -0.25) is 4.79 Å². The lowest BCUT2D eigenvalue weighted by Crippen LogP contribution is -2.05. The van der Waals surface area contributed by atoms with Gasteiger partial charge in [0.1, 0.15) is 17.6 Å². The summed E-state index contributed by atoms with van der Waals surface area (Å²) >= 11 is 0. The number of carboxylic acid groups (broad SMARTS) is 1. The number of carbonyl (C=O) groups excluding carboxylic acids is 1. The van der Waals surface area contributed by atoms with Crippen molar-refractivity contribution in [2.45, 2.75) is 26.2 Å². The van der Waals surface area contributed by atoms with Crippen molar-refractivity contribution >= 4 is 12.3 Å². The number of carboxylic acids is 1. The van der Waals surface area contributed by atoms with E-state index >= 15 is 0 Å². The molecule has 0 aliphatic rings. The van der Waals surface area contributed by atoms with Crippen LogP contribution in [-0.2, 0) is 0 Å². The van der Waals surface area contributed by atoms with Gasteiger partial charge < -0.3 is 9.84 Å². The van der Waals surface area contributed by atoms with Crippen molar-refractivity contribution in [1.29, 1.82) is 0 Å². The zero-order chi connectivity index (χ0) is 12.7. The van der Waals surface area contributed by atoms with Gasteiger partial charge in [0.25, 0.3) is 0 Å². The summed E-state index contributed by atoms with van der Waals surface area (Å²) in [6.07, 6.45) is 3.65. The van der Waals surface area contributed by atoms with Crippen LogP contribution in [0.2, 0.25) is 0 Å². The van der Waals surface area contributed by atoms with Crippen molar-refractivity contribution in [1.82, 2.24) is 0 Å². The second-order valence-electron chi connectivity index (χ2n) is 3.73. The summed E-state index contributed by atoms with van der Waals surface area (Å²) in [5.74, 6) is -0.765. The van der Waals surface area contributed by atoms with Crippen molar-refractivity contribution in [3.8, 4) is 5.75 Å². The van der Waals surface area contributed by atoms with Gasteiger partial charge in [-0.05, 0) is 24.6 Å². The van der Waals surface area contributed by atoms with Crippen LogP contribution >= 0.6 is 0 Å². The predicted molar refractivity (Wildman–Crippen MR) is 63.8 cm³/mol. The molecule has 0 amide bonds. The summed E-state index contributed by atoms with van der Waals surface area (Å²) in [5.41, 5.74) is 0.370. The Morgan fingerprint density at radius 2 is 2.18 bits per heavy atom. The molecule has 1 N–H and O–H groups in total. The lowest BCUT2D eigenvalue weighted by Gasteiger charge is -2.09. The maximum Gasteiger partial charge on any atom is 0.339 e. The molecule has 0 aliphatic heterocycles. The van der Waals surface area contributed by atoms with Gasteiger partial charge in [0.05, 0.1) is 6.61 Å². The van der Waals surface area contributed by atoms with Crippen LogP contribution in [0.15, 0.2) is 18.2 Å². The van der Waals surface area contributed by atoms with Gasteiger partial charge in [0, 0.05) is 5.56 Å². The van der Waals surface area contributed by atoms with E-state index in [0.29, 0.717) is 24.2 Å². The topological polar surface area (TPSA) is 63.6 Å². The molecule has 0 saturated heterocycles. The quantitative estimate of drug-likeness (QED) is 0.584. The van der Waals surface area contributed by atoms with Crippen LogP contribution in [0.1, 0.15) is 46.9 Å². The maximum absolute atomic E-state index is 11.0. The van der Waals surface area contributed by atoms with Gasteiger partial charge in [0.2, 0.25) is 0 Å². The fraction of sp³-hybridized carbons (Fsp3) is 0.385. The number of aldehydes is 1. The van der Waals surface area contributed by atoms with Crippen LogP contribution < -0.4 is 4.74 Å². The summed E-state index contributed by atoms with van der Waals surface area (Å²) in [7, 11) is 0. The molecule has 0 saturated carbocycles. The standard InChI is InChI=1S/C13H16O4/c1-2-3-4-7-17-12-6-5-10(9-14)8-11(12)13(15)16/h5-6,8-9H,2-4,7H2,1H3,(H,15,16). The SMILES string of the molecule is CCCCCOc1ccc(C=O)cc1C(=O)O. The fourth-order valence-corrected chi connectivity index (χ4v) is 1.45. The Hall–Kier alpha value is -1.84. The Morgan fingerprint density at radius 1 is 1.41 bits per heavy atom. The smallest absolute Gasteiger partial charge is 0.339 e. The van der Waals surface area contributed by atoms with E-state index in [4.69, 9.17) is 9.84 Å². The van der Waals surface area contributed by atoms with E-state index in [9.17, 15) is 9.59 Å². The normalized spacial score (nSPS) is 9.94. The molecule has 1 rings (SSSR count). The minimum atomic E-state index is -1.08. The second-order valence-corrected chi connectivity index (χ2v) is 3.73. The summed E-state index contributed by atoms with van der Waals surface area (Å²) in [6, 6.07) is 4.40. The Bertz CT molecular complexity index is 398. The molecule has 17 heavy (non-hydrogen) atoms. The Morgan fingerprint density at radius 3 is 2.76 bits per heavy atom. The highest BCUT2D eigenvalue weighted by Crippen LogP contribution is 2.20. The Balaban J connectivity index is 2.76. The van der Waals surface area contributed by atoms with Crippen molar-refractivity contribution in [3.05, 3.63) is 29.3 Å². The Kier molecular flexibility index (Phi) is 5.20. The highest BCUT2D eigenvalue weighted by atomic mass is 16.5. The molecule has 0 spiro atoms. The summed E-state index contributed by atoms with van der Waals surface area (Å²) < 4.78 is 5.40. The van der Waals surface area contributed by atoms with Crippen LogP contribution in [-0.4, -0.2) is 24.0 Å². The number of hydrogen-bond donors (Lipinski definition) is 1. The number of unbranched alkanes of at least 4 members (excludes halogenated alkanes) is 2. The number of aromatic carboxylic acids is 1. The first-order valence-electron chi connectivity index (χ1n) is 5.64. The van der Waals surface area contributed by atoms with E-state index in [1.807, 2.05) is 0 Å². The Labute approximate surface area is 100 Å². The molecule has 92 valence electrons. The van der Waals surface area contributed by atoms with Crippen LogP contribution in [0.4, 0.5) is 0 Å². The summed E-state index contributed by atoms with van der Waals surface area (Å²) in [4.78, 5) is 21.5. The first kappa shape index (κ1) is 13.2. The van der Waals surface area contributed by atoms with Crippen LogP contribution in [0.3, 0.4) is 0 Å². The number of carbonyl (C=O) groups is 2. The first-order valence-corrected chi connectivity index (χ1v) is 5.64.